The van der Waals surface area contributed by atoms with Crippen LogP contribution in [0.25, 0.3) is 11.3 Å². The minimum atomic E-state index is 0.567. The summed E-state index contributed by atoms with van der Waals surface area (Å²) < 4.78 is 5.32. The Morgan fingerprint density at radius 3 is 2.69 bits per heavy atom. The first-order valence-electron chi connectivity index (χ1n) is 5.04. The Balaban J connectivity index is 2.50. The van der Waals surface area contributed by atoms with E-state index in [0.717, 1.165) is 28.9 Å². The van der Waals surface area contributed by atoms with Gasteiger partial charge in [-0.15, -0.1) is 0 Å². The molecular formula is C13H13NO2. The van der Waals surface area contributed by atoms with E-state index in [0.29, 0.717) is 5.69 Å². The van der Waals surface area contributed by atoms with E-state index in [1.807, 2.05) is 31.2 Å². The SMILES string of the molecule is COc1cc(C)ccc1-c1ccc(C=O)[nH]1. The molecule has 1 N–H and O–H groups in total. The van der Waals surface area contributed by atoms with Crippen molar-refractivity contribution in [2.45, 2.75) is 6.92 Å². The fourth-order valence-electron chi connectivity index (χ4n) is 1.66. The summed E-state index contributed by atoms with van der Waals surface area (Å²) in [6, 6.07) is 9.59. The molecule has 0 fully saturated rings. The van der Waals surface area contributed by atoms with Crippen LogP contribution in [0.1, 0.15) is 16.1 Å². The molecule has 0 aliphatic heterocycles. The topological polar surface area (TPSA) is 42.1 Å². The van der Waals surface area contributed by atoms with Crippen LogP contribution in [0.3, 0.4) is 0 Å². The number of rotatable bonds is 3. The molecule has 1 aromatic heterocycles. The van der Waals surface area contributed by atoms with Crippen LogP contribution < -0.4 is 4.74 Å². The highest BCUT2D eigenvalue weighted by Gasteiger charge is 2.07. The predicted molar refractivity (Wildman–Crippen MR) is 62.9 cm³/mol. The van der Waals surface area contributed by atoms with Crippen molar-refractivity contribution in [1.82, 2.24) is 4.98 Å². The Labute approximate surface area is 94.1 Å². The van der Waals surface area contributed by atoms with E-state index in [-0.39, 0.29) is 0 Å². The zero-order valence-corrected chi connectivity index (χ0v) is 9.28. The molecule has 82 valence electrons. The summed E-state index contributed by atoms with van der Waals surface area (Å²) in [6.45, 7) is 2.01. The van der Waals surface area contributed by atoms with Gasteiger partial charge in [0.05, 0.1) is 12.8 Å². The molecule has 0 radical (unpaired) electrons. The number of aromatic amines is 1. The smallest absolute Gasteiger partial charge is 0.166 e. The van der Waals surface area contributed by atoms with Crippen molar-refractivity contribution in [2.75, 3.05) is 7.11 Å². The van der Waals surface area contributed by atoms with Crippen molar-refractivity contribution in [1.29, 1.82) is 0 Å². The minimum absolute atomic E-state index is 0.567. The molecule has 0 saturated heterocycles. The van der Waals surface area contributed by atoms with Gasteiger partial charge in [-0.1, -0.05) is 6.07 Å². The molecule has 3 heteroatoms. The van der Waals surface area contributed by atoms with E-state index in [2.05, 4.69) is 4.98 Å². The van der Waals surface area contributed by atoms with Crippen LogP contribution in [0.15, 0.2) is 30.3 Å². The summed E-state index contributed by atoms with van der Waals surface area (Å²) in [7, 11) is 1.64. The van der Waals surface area contributed by atoms with Crippen molar-refractivity contribution in [3.63, 3.8) is 0 Å². The third kappa shape index (κ3) is 1.84. The monoisotopic (exact) mass is 215 g/mol. The molecule has 0 saturated carbocycles. The van der Waals surface area contributed by atoms with Crippen LogP contribution >= 0.6 is 0 Å². The first-order chi connectivity index (χ1) is 7.74. The molecule has 1 aromatic carbocycles. The molecule has 0 amide bonds. The second-order valence-electron chi connectivity index (χ2n) is 3.65. The van der Waals surface area contributed by atoms with Gasteiger partial charge in [-0.25, -0.2) is 0 Å². The van der Waals surface area contributed by atoms with Gasteiger partial charge in [0.1, 0.15) is 5.75 Å². The number of benzene rings is 1. The second-order valence-corrected chi connectivity index (χ2v) is 3.65. The fourth-order valence-corrected chi connectivity index (χ4v) is 1.66. The molecule has 2 aromatic rings. The van der Waals surface area contributed by atoms with E-state index in [1.165, 1.54) is 0 Å². The number of carbonyl (C=O) groups is 1. The summed E-state index contributed by atoms with van der Waals surface area (Å²) in [4.78, 5) is 13.6. The third-order valence-corrected chi connectivity index (χ3v) is 2.48. The predicted octanol–water partition coefficient (Wildman–Crippen LogP) is 2.81. The van der Waals surface area contributed by atoms with E-state index >= 15 is 0 Å². The van der Waals surface area contributed by atoms with E-state index < -0.39 is 0 Å². The van der Waals surface area contributed by atoms with Gasteiger partial charge in [-0.2, -0.15) is 0 Å². The van der Waals surface area contributed by atoms with Crippen molar-refractivity contribution < 1.29 is 9.53 Å². The van der Waals surface area contributed by atoms with Crippen LogP contribution in [-0.2, 0) is 0 Å². The molecule has 0 spiro atoms. The van der Waals surface area contributed by atoms with Gasteiger partial charge < -0.3 is 9.72 Å². The highest BCUT2D eigenvalue weighted by atomic mass is 16.5. The number of hydrogen-bond acceptors (Lipinski definition) is 2. The molecule has 0 bridgehead atoms. The van der Waals surface area contributed by atoms with Gasteiger partial charge in [-0.3, -0.25) is 4.79 Å². The average molecular weight is 215 g/mol. The largest absolute Gasteiger partial charge is 0.496 e. The van der Waals surface area contributed by atoms with Gasteiger partial charge in [0.25, 0.3) is 0 Å². The van der Waals surface area contributed by atoms with Gasteiger partial charge >= 0.3 is 0 Å². The summed E-state index contributed by atoms with van der Waals surface area (Å²) in [5.74, 6) is 0.805. The summed E-state index contributed by atoms with van der Waals surface area (Å²) in [5, 5.41) is 0. The number of carbonyl (C=O) groups excluding carboxylic acids is 1. The Morgan fingerprint density at radius 2 is 2.06 bits per heavy atom. The Bertz CT molecular complexity index is 514. The summed E-state index contributed by atoms with van der Waals surface area (Å²) >= 11 is 0. The van der Waals surface area contributed by atoms with Crippen molar-refractivity contribution >= 4 is 6.29 Å². The van der Waals surface area contributed by atoms with Gasteiger partial charge in [0, 0.05) is 11.3 Å². The normalized spacial score (nSPS) is 10.1. The number of H-pyrrole nitrogens is 1. The molecule has 3 nitrogen and oxygen atoms in total. The summed E-state index contributed by atoms with van der Waals surface area (Å²) in [6.07, 6.45) is 0.796. The Hall–Kier alpha value is -2.03. The van der Waals surface area contributed by atoms with Crippen LogP contribution in [-0.4, -0.2) is 18.4 Å². The number of aldehydes is 1. The van der Waals surface area contributed by atoms with Crippen LogP contribution in [0.4, 0.5) is 0 Å². The number of aromatic nitrogens is 1. The van der Waals surface area contributed by atoms with E-state index in [4.69, 9.17) is 4.74 Å². The lowest BCUT2D eigenvalue weighted by Crippen LogP contribution is -1.89. The molecule has 16 heavy (non-hydrogen) atoms. The lowest BCUT2D eigenvalue weighted by Gasteiger charge is -2.07. The second kappa shape index (κ2) is 4.23. The van der Waals surface area contributed by atoms with E-state index in [9.17, 15) is 4.79 Å². The minimum Gasteiger partial charge on any atom is -0.496 e. The maximum absolute atomic E-state index is 10.6. The van der Waals surface area contributed by atoms with Crippen molar-refractivity contribution in [3.05, 3.63) is 41.6 Å². The molecule has 0 aliphatic carbocycles. The van der Waals surface area contributed by atoms with Crippen molar-refractivity contribution in [2.24, 2.45) is 0 Å². The first kappa shape index (κ1) is 10.5. The maximum atomic E-state index is 10.6. The van der Waals surface area contributed by atoms with Gasteiger partial charge in [0.2, 0.25) is 0 Å². The maximum Gasteiger partial charge on any atom is 0.166 e. The highest BCUT2D eigenvalue weighted by molar-refractivity contribution is 5.77. The Morgan fingerprint density at radius 1 is 1.25 bits per heavy atom. The first-order valence-corrected chi connectivity index (χ1v) is 5.04. The summed E-state index contributed by atoms with van der Waals surface area (Å²) in [5.41, 5.74) is 3.56. The molecule has 0 unspecified atom stereocenters. The zero-order valence-electron chi connectivity index (χ0n) is 9.28. The molecule has 2 rings (SSSR count). The van der Waals surface area contributed by atoms with Crippen LogP contribution in [0.2, 0.25) is 0 Å². The lowest BCUT2D eigenvalue weighted by atomic mass is 10.1. The standard InChI is InChI=1S/C13H13NO2/c1-9-3-5-11(13(7-9)16-2)12-6-4-10(8-15)14-12/h3-8,14H,1-2H3. The number of hydrogen-bond donors (Lipinski definition) is 1. The van der Waals surface area contributed by atoms with Gasteiger partial charge in [-0.05, 0) is 36.8 Å². The quantitative estimate of drug-likeness (QED) is 0.800. The fraction of sp³-hybridized carbons (Fsp3) is 0.154. The molecule has 0 atom stereocenters. The van der Waals surface area contributed by atoms with E-state index in [1.54, 1.807) is 13.2 Å². The highest BCUT2D eigenvalue weighted by Crippen LogP contribution is 2.29. The molecular weight excluding hydrogens is 202 g/mol. The number of ether oxygens (including phenoxy) is 1. The molecule has 0 aliphatic rings. The van der Waals surface area contributed by atoms with Gasteiger partial charge in [0.15, 0.2) is 6.29 Å². The third-order valence-electron chi connectivity index (χ3n) is 2.48. The lowest BCUT2D eigenvalue weighted by molar-refractivity contribution is 0.111. The van der Waals surface area contributed by atoms with Crippen LogP contribution in [0, 0.1) is 6.92 Å². The number of aryl methyl sites for hydroxylation is 1. The number of methoxy groups -OCH3 is 1. The Kier molecular flexibility index (Phi) is 2.77. The van der Waals surface area contributed by atoms with Crippen molar-refractivity contribution in [3.8, 4) is 17.0 Å². The number of nitrogens with one attached hydrogen (secondary N) is 1. The average Bonchev–Trinajstić information content (AvgIpc) is 2.77. The zero-order chi connectivity index (χ0) is 11.5. The molecule has 1 heterocycles. The van der Waals surface area contributed by atoms with Crippen LogP contribution in [0.5, 0.6) is 5.75 Å².